The molecule has 0 bridgehead atoms. The Kier molecular flexibility index (Phi) is 5.12. The minimum absolute atomic E-state index is 0.00895. The summed E-state index contributed by atoms with van der Waals surface area (Å²) in [6, 6.07) is 12.6. The molecular weight excluding hydrogens is 419 g/mol. The second-order valence-electron chi connectivity index (χ2n) is 8.10. The number of carbonyl (C=O) groups excluding carboxylic acids is 1. The maximum absolute atomic E-state index is 15.9. The molecule has 0 saturated carbocycles. The molecule has 7 nitrogen and oxygen atoms in total. The third-order valence-electron chi connectivity index (χ3n) is 5.83. The Labute approximate surface area is 190 Å². The molecule has 33 heavy (non-hydrogen) atoms. The standard InChI is InChI=1S/C25H23FN6O/c1-14-5-4-6-17(11-14)30-24(33)18-8-7-15(2)20(21(18)26)19-12-16-13-29-25(27-3)31-22(16)32-10-9-28-23(19)32/h4-8,11-13,28H,9-10H2,1-3H3,(H,30,33). The summed E-state index contributed by atoms with van der Waals surface area (Å²) in [6.07, 6.45) is 1.70. The van der Waals surface area contributed by atoms with E-state index in [-0.39, 0.29) is 5.56 Å². The fourth-order valence-electron chi connectivity index (χ4n) is 4.26. The number of nitrogens with zero attached hydrogens (tertiary/aromatic N) is 4. The number of halogens is 1. The molecule has 3 aliphatic rings. The molecule has 3 heterocycles. The zero-order valence-electron chi connectivity index (χ0n) is 18.6. The predicted octanol–water partition coefficient (Wildman–Crippen LogP) is 4.01. The Morgan fingerprint density at radius 2 is 2.06 bits per heavy atom. The lowest BCUT2D eigenvalue weighted by molar-refractivity contribution is 0.102. The second-order valence-corrected chi connectivity index (χ2v) is 8.10. The number of nitrogens with one attached hydrogen (secondary N) is 2. The molecule has 0 aromatic heterocycles. The maximum Gasteiger partial charge on any atom is 0.258 e. The van der Waals surface area contributed by atoms with Gasteiger partial charge in [0.05, 0.1) is 5.56 Å². The second kappa shape index (κ2) is 8.12. The molecule has 0 atom stereocenters. The molecule has 2 N–H and O–H groups in total. The SMILES string of the molecule is CN=c1ncc2cc(-c3c(C)ccc(C(=O)Nc4cccc(C)c4)c3F)c3n(c-2n1)CCN3. The van der Waals surface area contributed by atoms with Gasteiger partial charge in [-0.2, -0.15) is 4.98 Å². The Morgan fingerprint density at radius 3 is 2.85 bits per heavy atom. The zero-order valence-corrected chi connectivity index (χ0v) is 18.6. The number of rotatable bonds is 3. The largest absolute Gasteiger partial charge is 0.369 e. The fraction of sp³-hybridized carbons (Fsp3) is 0.200. The Balaban J connectivity index is 1.65. The fourth-order valence-corrected chi connectivity index (χ4v) is 4.26. The van der Waals surface area contributed by atoms with Crippen LogP contribution in [0, 0.1) is 19.7 Å². The normalized spacial score (nSPS) is 13.2. The minimum Gasteiger partial charge on any atom is -0.369 e. The molecule has 1 amide bonds. The van der Waals surface area contributed by atoms with Gasteiger partial charge in [0.15, 0.2) is 0 Å². The maximum atomic E-state index is 15.9. The van der Waals surface area contributed by atoms with E-state index in [4.69, 9.17) is 0 Å². The van der Waals surface area contributed by atoms with Gasteiger partial charge in [0, 0.05) is 48.7 Å². The number of fused-ring (bicyclic) bond motifs is 3. The molecular formula is C25H23FN6O. The van der Waals surface area contributed by atoms with Crippen molar-refractivity contribution in [3.8, 4) is 22.5 Å². The number of hydrogen-bond donors (Lipinski definition) is 2. The van der Waals surface area contributed by atoms with Crippen LogP contribution < -0.4 is 16.3 Å². The number of benzene rings is 2. The highest BCUT2D eigenvalue weighted by Crippen LogP contribution is 2.39. The van der Waals surface area contributed by atoms with E-state index in [0.29, 0.717) is 35.5 Å². The highest BCUT2D eigenvalue weighted by molar-refractivity contribution is 6.05. The lowest BCUT2D eigenvalue weighted by Gasteiger charge is -2.19. The van der Waals surface area contributed by atoms with Crippen LogP contribution in [0.5, 0.6) is 0 Å². The summed E-state index contributed by atoms with van der Waals surface area (Å²) in [5, 5.41) is 6.15. The van der Waals surface area contributed by atoms with Crippen molar-refractivity contribution >= 4 is 17.4 Å². The number of pyridine rings is 1. The summed E-state index contributed by atoms with van der Waals surface area (Å²) < 4.78 is 17.9. The first-order valence-electron chi connectivity index (χ1n) is 10.7. The van der Waals surface area contributed by atoms with Crippen molar-refractivity contribution in [2.75, 3.05) is 24.2 Å². The monoisotopic (exact) mass is 442 g/mol. The first-order valence-corrected chi connectivity index (χ1v) is 10.7. The number of aryl methyl sites for hydroxylation is 2. The first-order chi connectivity index (χ1) is 16.0. The van der Waals surface area contributed by atoms with Crippen LogP contribution in [0.1, 0.15) is 21.5 Å². The van der Waals surface area contributed by atoms with Crippen molar-refractivity contribution < 1.29 is 9.18 Å². The molecule has 166 valence electrons. The van der Waals surface area contributed by atoms with E-state index in [1.807, 2.05) is 42.7 Å². The van der Waals surface area contributed by atoms with Gasteiger partial charge in [-0.25, -0.2) is 9.37 Å². The van der Waals surface area contributed by atoms with Gasteiger partial charge in [0.25, 0.3) is 5.91 Å². The predicted molar refractivity (Wildman–Crippen MR) is 126 cm³/mol. The summed E-state index contributed by atoms with van der Waals surface area (Å²) in [6.45, 7) is 5.16. The molecule has 5 rings (SSSR count). The van der Waals surface area contributed by atoms with Crippen molar-refractivity contribution in [1.82, 2.24) is 14.5 Å². The van der Waals surface area contributed by atoms with Gasteiger partial charge >= 0.3 is 0 Å². The van der Waals surface area contributed by atoms with Crippen LogP contribution in [-0.4, -0.2) is 34.0 Å². The van der Waals surface area contributed by atoms with E-state index >= 15 is 4.39 Å². The minimum atomic E-state index is -0.558. The molecule has 0 fully saturated rings. The van der Waals surface area contributed by atoms with Crippen LogP contribution in [0.4, 0.5) is 15.9 Å². The van der Waals surface area contributed by atoms with Crippen LogP contribution in [-0.2, 0) is 6.54 Å². The van der Waals surface area contributed by atoms with Gasteiger partial charge in [-0.05, 0) is 49.2 Å². The smallest absolute Gasteiger partial charge is 0.258 e. The number of amides is 1. The first kappa shape index (κ1) is 20.8. The van der Waals surface area contributed by atoms with Crippen LogP contribution in [0.25, 0.3) is 22.5 Å². The summed E-state index contributed by atoms with van der Waals surface area (Å²) in [5.74, 6) is 0.453. The molecule has 0 saturated heterocycles. The quantitative estimate of drug-likeness (QED) is 0.502. The zero-order chi connectivity index (χ0) is 23.1. The van der Waals surface area contributed by atoms with Crippen molar-refractivity contribution in [2.24, 2.45) is 4.99 Å². The number of anilines is 2. The number of aromatic nitrogens is 3. The summed E-state index contributed by atoms with van der Waals surface area (Å²) in [7, 11) is 1.64. The molecule has 0 aliphatic carbocycles. The van der Waals surface area contributed by atoms with Crippen LogP contribution >= 0.6 is 0 Å². The molecule has 0 spiro atoms. The van der Waals surface area contributed by atoms with Crippen molar-refractivity contribution in [2.45, 2.75) is 20.4 Å². The topological polar surface area (TPSA) is 84.2 Å². The van der Waals surface area contributed by atoms with Crippen LogP contribution in [0.3, 0.4) is 0 Å². The van der Waals surface area contributed by atoms with Gasteiger partial charge in [-0.3, -0.25) is 9.79 Å². The van der Waals surface area contributed by atoms with Crippen LogP contribution in [0.2, 0.25) is 0 Å². The van der Waals surface area contributed by atoms with E-state index in [0.717, 1.165) is 28.3 Å². The highest BCUT2D eigenvalue weighted by Gasteiger charge is 2.26. The summed E-state index contributed by atoms with van der Waals surface area (Å²) >= 11 is 0. The molecule has 2 aromatic rings. The molecule has 0 radical (unpaired) electrons. The Hall–Kier alpha value is -4.07. The van der Waals surface area contributed by atoms with Crippen molar-refractivity contribution in [3.63, 3.8) is 0 Å². The highest BCUT2D eigenvalue weighted by atomic mass is 19.1. The van der Waals surface area contributed by atoms with Gasteiger partial charge in [-0.15, -0.1) is 0 Å². The number of carbonyl (C=O) groups is 1. The average molecular weight is 442 g/mol. The lowest BCUT2D eigenvalue weighted by Crippen LogP contribution is -2.18. The molecule has 8 heteroatoms. The van der Waals surface area contributed by atoms with Gasteiger partial charge in [0.1, 0.15) is 17.5 Å². The molecule has 3 aliphatic heterocycles. The Morgan fingerprint density at radius 1 is 1.21 bits per heavy atom. The van der Waals surface area contributed by atoms with Crippen molar-refractivity contribution in [1.29, 1.82) is 0 Å². The third-order valence-corrected chi connectivity index (χ3v) is 5.83. The van der Waals surface area contributed by atoms with Gasteiger partial charge < -0.3 is 15.2 Å². The van der Waals surface area contributed by atoms with E-state index in [1.165, 1.54) is 6.07 Å². The van der Waals surface area contributed by atoms with E-state index in [2.05, 4.69) is 25.6 Å². The summed E-state index contributed by atoms with van der Waals surface area (Å²) in [4.78, 5) is 25.8. The molecule has 2 aromatic carbocycles. The van der Waals surface area contributed by atoms with Gasteiger partial charge in [-0.1, -0.05) is 18.2 Å². The van der Waals surface area contributed by atoms with Crippen LogP contribution in [0.15, 0.2) is 53.7 Å². The van der Waals surface area contributed by atoms with Crippen molar-refractivity contribution in [3.05, 3.63) is 76.8 Å². The third kappa shape index (κ3) is 3.63. The Bertz CT molecular complexity index is 1440. The average Bonchev–Trinajstić information content (AvgIpc) is 3.29. The lowest BCUT2D eigenvalue weighted by atomic mass is 9.95. The van der Waals surface area contributed by atoms with E-state index in [1.54, 1.807) is 25.4 Å². The van der Waals surface area contributed by atoms with E-state index in [9.17, 15) is 4.79 Å². The van der Waals surface area contributed by atoms with Gasteiger partial charge in [0.2, 0.25) is 5.62 Å². The number of hydrogen-bond acceptors (Lipinski definition) is 5. The summed E-state index contributed by atoms with van der Waals surface area (Å²) in [5.41, 5.74) is 4.59. The van der Waals surface area contributed by atoms with E-state index < -0.39 is 11.7 Å². The molecule has 0 unspecified atom stereocenters.